The Bertz CT molecular complexity index is 982. The molecule has 2 aromatic heterocycles. The van der Waals surface area contributed by atoms with Gasteiger partial charge >= 0.3 is 0 Å². The molecular formula is C19H22N6O2. The van der Waals surface area contributed by atoms with Crippen molar-refractivity contribution in [1.82, 2.24) is 19.7 Å². The van der Waals surface area contributed by atoms with Gasteiger partial charge in [0.05, 0.1) is 30.7 Å². The molecule has 27 heavy (non-hydrogen) atoms. The number of rotatable bonds is 4. The third kappa shape index (κ3) is 3.42. The highest BCUT2D eigenvalue weighted by atomic mass is 16.5. The molecule has 1 N–H and O–H groups in total. The number of carbonyl (C=O) groups is 1. The lowest BCUT2D eigenvalue weighted by atomic mass is 10.2. The first kappa shape index (κ1) is 17.3. The molecule has 0 aliphatic carbocycles. The molecule has 0 spiro atoms. The van der Waals surface area contributed by atoms with Gasteiger partial charge in [0.25, 0.3) is 5.91 Å². The summed E-state index contributed by atoms with van der Waals surface area (Å²) in [6.07, 6.45) is 6.22. The standard InChI is InChI=1S/C19H22N6O2/c1-12-4-5-25(10-12)18-9-20-16(8-21-18)19(26)22-15-6-13-11-24(2)23-14(13)7-17(15)27-3/h6-9,11-12H,4-5,10H2,1-3H3,(H,22,26)/t12-/m1/s1. The van der Waals surface area contributed by atoms with Gasteiger partial charge in [0.2, 0.25) is 0 Å². The monoisotopic (exact) mass is 366 g/mol. The van der Waals surface area contributed by atoms with Crippen molar-refractivity contribution in [3.8, 4) is 5.75 Å². The summed E-state index contributed by atoms with van der Waals surface area (Å²) >= 11 is 0. The number of hydrogen-bond acceptors (Lipinski definition) is 6. The minimum absolute atomic E-state index is 0.263. The average molecular weight is 366 g/mol. The molecule has 1 aliphatic heterocycles. The summed E-state index contributed by atoms with van der Waals surface area (Å²) in [5, 5.41) is 8.12. The van der Waals surface area contributed by atoms with E-state index in [1.165, 1.54) is 6.20 Å². The molecule has 1 atom stereocenters. The predicted molar refractivity (Wildman–Crippen MR) is 103 cm³/mol. The van der Waals surface area contributed by atoms with Crippen LogP contribution in [-0.4, -0.2) is 45.9 Å². The van der Waals surface area contributed by atoms with Gasteiger partial charge in [0.15, 0.2) is 0 Å². The van der Waals surface area contributed by atoms with Crippen LogP contribution in [0.15, 0.2) is 30.7 Å². The average Bonchev–Trinajstić information content (AvgIpc) is 3.25. The number of hydrogen-bond donors (Lipinski definition) is 1. The molecule has 1 fully saturated rings. The quantitative estimate of drug-likeness (QED) is 0.763. The van der Waals surface area contributed by atoms with Gasteiger partial charge in [-0.1, -0.05) is 6.92 Å². The Morgan fingerprint density at radius 3 is 2.81 bits per heavy atom. The first-order chi connectivity index (χ1) is 13.0. The fraction of sp³-hybridized carbons (Fsp3) is 0.368. The van der Waals surface area contributed by atoms with Gasteiger partial charge in [-0.25, -0.2) is 9.97 Å². The van der Waals surface area contributed by atoms with Crippen LogP contribution in [0.3, 0.4) is 0 Å². The van der Waals surface area contributed by atoms with Crippen LogP contribution >= 0.6 is 0 Å². The molecule has 1 saturated heterocycles. The number of nitrogens with zero attached hydrogens (tertiary/aromatic N) is 5. The maximum absolute atomic E-state index is 12.6. The highest BCUT2D eigenvalue weighted by Crippen LogP contribution is 2.30. The second-order valence-electron chi connectivity index (χ2n) is 6.97. The lowest BCUT2D eigenvalue weighted by Crippen LogP contribution is -2.21. The highest BCUT2D eigenvalue weighted by Gasteiger charge is 2.21. The number of nitrogens with one attached hydrogen (secondary N) is 1. The molecule has 8 heteroatoms. The first-order valence-corrected chi connectivity index (χ1v) is 8.93. The SMILES string of the molecule is COc1cc2nn(C)cc2cc1NC(=O)c1cnc(N2CC[C@@H](C)C2)cn1. The summed E-state index contributed by atoms with van der Waals surface area (Å²) < 4.78 is 7.11. The zero-order valence-electron chi connectivity index (χ0n) is 15.6. The zero-order valence-corrected chi connectivity index (χ0v) is 15.6. The molecule has 1 aliphatic rings. The minimum atomic E-state index is -0.328. The number of fused-ring (bicyclic) bond motifs is 1. The second-order valence-corrected chi connectivity index (χ2v) is 6.97. The van der Waals surface area contributed by atoms with Crippen LogP contribution in [0.2, 0.25) is 0 Å². The largest absolute Gasteiger partial charge is 0.494 e. The summed E-state index contributed by atoms with van der Waals surface area (Å²) in [6, 6.07) is 3.64. The molecule has 3 heterocycles. The molecule has 1 amide bonds. The number of aromatic nitrogens is 4. The van der Waals surface area contributed by atoms with E-state index in [-0.39, 0.29) is 11.6 Å². The number of ether oxygens (including phenoxy) is 1. The van der Waals surface area contributed by atoms with E-state index in [4.69, 9.17) is 4.74 Å². The molecule has 8 nitrogen and oxygen atoms in total. The summed E-state index contributed by atoms with van der Waals surface area (Å²) in [6.45, 7) is 4.17. The van der Waals surface area contributed by atoms with Gasteiger partial charge < -0.3 is 15.0 Å². The van der Waals surface area contributed by atoms with Crippen LogP contribution in [-0.2, 0) is 7.05 Å². The van der Waals surface area contributed by atoms with E-state index in [1.807, 2.05) is 19.3 Å². The molecule has 0 radical (unpaired) electrons. The van der Waals surface area contributed by atoms with E-state index >= 15 is 0 Å². The topological polar surface area (TPSA) is 85.2 Å². The van der Waals surface area contributed by atoms with Crippen LogP contribution in [0.5, 0.6) is 5.75 Å². The van der Waals surface area contributed by atoms with Gasteiger partial charge in [-0.05, 0) is 18.4 Å². The van der Waals surface area contributed by atoms with E-state index in [0.29, 0.717) is 17.4 Å². The molecule has 0 saturated carbocycles. The third-order valence-electron chi connectivity index (χ3n) is 4.81. The third-order valence-corrected chi connectivity index (χ3v) is 4.81. The van der Waals surface area contributed by atoms with Crippen molar-refractivity contribution >= 4 is 28.3 Å². The van der Waals surface area contributed by atoms with Crippen LogP contribution in [0.4, 0.5) is 11.5 Å². The minimum Gasteiger partial charge on any atom is -0.494 e. The number of benzene rings is 1. The van der Waals surface area contributed by atoms with E-state index in [1.54, 1.807) is 24.1 Å². The molecule has 0 bridgehead atoms. The molecule has 4 rings (SSSR count). The van der Waals surface area contributed by atoms with E-state index in [2.05, 4.69) is 32.2 Å². The van der Waals surface area contributed by atoms with Crippen molar-refractivity contribution in [2.75, 3.05) is 30.4 Å². The number of methoxy groups -OCH3 is 1. The van der Waals surface area contributed by atoms with E-state index in [0.717, 1.165) is 36.2 Å². The molecule has 1 aromatic carbocycles. The predicted octanol–water partition coefficient (Wildman–Crippen LogP) is 2.47. The number of aryl methyl sites for hydroxylation is 1. The van der Waals surface area contributed by atoms with Crippen LogP contribution in [0.25, 0.3) is 10.9 Å². The van der Waals surface area contributed by atoms with Crippen molar-refractivity contribution in [3.63, 3.8) is 0 Å². The fourth-order valence-electron chi connectivity index (χ4n) is 3.37. The van der Waals surface area contributed by atoms with Crippen LogP contribution < -0.4 is 15.0 Å². The molecule has 3 aromatic rings. The Morgan fingerprint density at radius 2 is 2.15 bits per heavy atom. The normalized spacial score (nSPS) is 16.7. The Labute approximate surface area is 157 Å². The number of amides is 1. The van der Waals surface area contributed by atoms with Crippen molar-refractivity contribution in [2.24, 2.45) is 13.0 Å². The van der Waals surface area contributed by atoms with Gasteiger partial charge in [-0.2, -0.15) is 5.10 Å². The van der Waals surface area contributed by atoms with Crippen LogP contribution in [0, 0.1) is 5.92 Å². The Balaban J connectivity index is 1.54. The van der Waals surface area contributed by atoms with Crippen molar-refractivity contribution < 1.29 is 9.53 Å². The Morgan fingerprint density at radius 1 is 1.30 bits per heavy atom. The highest BCUT2D eigenvalue weighted by molar-refractivity contribution is 6.04. The summed E-state index contributed by atoms with van der Waals surface area (Å²) in [4.78, 5) is 23.5. The smallest absolute Gasteiger partial charge is 0.275 e. The molecule has 0 unspecified atom stereocenters. The maximum atomic E-state index is 12.6. The number of anilines is 2. The van der Waals surface area contributed by atoms with Crippen molar-refractivity contribution in [2.45, 2.75) is 13.3 Å². The first-order valence-electron chi connectivity index (χ1n) is 8.93. The van der Waals surface area contributed by atoms with Gasteiger partial charge in [0.1, 0.15) is 17.3 Å². The Hall–Kier alpha value is -3.16. The van der Waals surface area contributed by atoms with E-state index in [9.17, 15) is 4.79 Å². The van der Waals surface area contributed by atoms with Gasteiger partial charge in [-0.3, -0.25) is 9.48 Å². The lowest BCUT2D eigenvalue weighted by molar-refractivity contribution is 0.102. The van der Waals surface area contributed by atoms with Crippen molar-refractivity contribution in [3.05, 3.63) is 36.4 Å². The van der Waals surface area contributed by atoms with Gasteiger partial charge in [-0.15, -0.1) is 0 Å². The summed E-state index contributed by atoms with van der Waals surface area (Å²) in [5.74, 6) is 1.69. The van der Waals surface area contributed by atoms with E-state index < -0.39 is 0 Å². The summed E-state index contributed by atoms with van der Waals surface area (Å²) in [5.41, 5.74) is 1.64. The van der Waals surface area contributed by atoms with Gasteiger partial charge in [0, 0.05) is 37.8 Å². The fourth-order valence-corrected chi connectivity index (χ4v) is 3.37. The Kier molecular flexibility index (Phi) is 4.39. The number of carbonyl (C=O) groups excluding carboxylic acids is 1. The molecule has 140 valence electrons. The molecular weight excluding hydrogens is 344 g/mol. The lowest BCUT2D eigenvalue weighted by Gasteiger charge is -2.16. The second kappa shape index (κ2) is 6.86. The summed E-state index contributed by atoms with van der Waals surface area (Å²) in [7, 11) is 3.41. The zero-order chi connectivity index (χ0) is 19.0. The maximum Gasteiger partial charge on any atom is 0.275 e. The van der Waals surface area contributed by atoms with Crippen molar-refractivity contribution in [1.29, 1.82) is 0 Å². The van der Waals surface area contributed by atoms with Crippen LogP contribution in [0.1, 0.15) is 23.8 Å².